The molecule has 0 N–H and O–H groups in total. The number of nitrogens with zero attached hydrogens (tertiary/aromatic N) is 2. The van der Waals surface area contributed by atoms with Gasteiger partial charge in [-0.05, 0) is 32.7 Å². The van der Waals surface area contributed by atoms with E-state index in [0.29, 0.717) is 19.1 Å². The largest absolute Gasteiger partial charge is 0.466 e. The van der Waals surface area contributed by atoms with Crippen molar-refractivity contribution in [1.82, 2.24) is 9.80 Å². The van der Waals surface area contributed by atoms with Crippen LogP contribution in [-0.2, 0) is 9.53 Å². The lowest BCUT2D eigenvalue weighted by Gasteiger charge is -2.44. The van der Waals surface area contributed by atoms with Crippen LogP contribution in [0.15, 0.2) is 0 Å². The highest BCUT2D eigenvalue weighted by atomic mass is 16.5. The average molecular weight is 254 g/mol. The molecule has 18 heavy (non-hydrogen) atoms. The summed E-state index contributed by atoms with van der Waals surface area (Å²) in [7, 11) is 2.17. The minimum atomic E-state index is -0.0201. The molecule has 1 aliphatic carbocycles. The number of likely N-dealkylation sites (N-methyl/N-ethyl adjacent to an activating group) is 1. The summed E-state index contributed by atoms with van der Waals surface area (Å²) in [5.41, 5.74) is 0. The van der Waals surface area contributed by atoms with E-state index in [2.05, 4.69) is 16.8 Å². The van der Waals surface area contributed by atoms with Crippen molar-refractivity contribution in [2.75, 3.05) is 39.8 Å². The summed E-state index contributed by atoms with van der Waals surface area (Å²) in [6, 6.07) is 0.423. The fourth-order valence-electron chi connectivity index (χ4n) is 2.96. The molecule has 104 valence electrons. The van der Waals surface area contributed by atoms with Gasteiger partial charge in [-0.15, -0.1) is 0 Å². The summed E-state index contributed by atoms with van der Waals surface area (Å²) in [6.07, 6.45) is 4.49. The summed E-state index contributed by atoms with van der Waals surface area (Å²) >= 11 is 0. The molecule has 0 spiro atoms. The van der Waals surface area contributed by atoms with E-state index in [9.17, 15) is 4.79 Å². The zero-order valence-corrected chi connectivity index (χ0v) is 11.7. The summed E-state index contributed by atoms with van der Waals surface area (Å²) in [5, 5.41) is 0. The quantitative estimate of drug-likeness (QED) is 0.694. The molecular formula is C14H26N2O2. The van der Waals surface area contributed by atoms with Crippen LogP contribution in [0.1, 0.15) is 32.6 Å². The first kappa shape index (κ1) is 13.8. The Kier molecular flexibility index (Phi) is 5.01. The van der Waals surface area contributed by atoms with Crippen LogP contribution < -0.4 is 0 Å². The molecule has 1 unspecified atom stereocenters. The zero-order valence-electron chi connectivity index (χ0n) is 11.7. The third-order valence-corrected chi connectivity index (χ3v) is 4.38. The molecule has 1 atom stereocenters. The second kappa shape index (κ2) is 6.53. The Hall–Kier alpha value is -0.610. The fourth-order valence-corrected chi connectivity index (χ4v) is 2.96. The van der Waals surface area contributed by atoms with Crippen LogP contribution in [0.25, 0.3) is 0 Å². The van der Waals surface area contributed by atoms with Crippen molar-refractivity contribution in [3.63, 3.8) is 0 Å². The van der Waals surface area contributed by atoms with Crippen LogP contribution in [0.3, 0.4) is 0 Å². The first-order chi connectivity index (χ1) is 8.70. The second-order valence-electron chi connectivity index (χ2n) is 5.61. The van der Waals surface area contributed by atoms with Crippen LogP contribution >= 0.6 is 0 Å². The van der Waals surface area contributed by atoms with Gasteiger partial charge >= 0.3 is 5.97 Å². The van der Waals surface area contributed by atoms with Crippen molar-refractivity contribution in [3.05, 3.63) is 0 Å². The second-order valence-corrected chi connectivity index (χ2v) is 5.61. The van der Waals surface area contributed by atoms with E-state index in [1.165, 1.54) is 19.3 Å². The molecule has 0 bridgehead atoms. The average Bonchev–Trinajstić information content (AvgIpc) is 2.27. The van der Waals surface area contributed by atoms with Gasteiger partial charge in [0, 0.05) is 32.2 Å². The molecule has 0 amide bonds. The summed E-state index contributed by atoms with van der Waals surface area (Å²) in [6.45, 7) is 6.80. The third-order valence-electron chi connectivity index (χ3n) is 4.38. The van der Waals surface area contributed by atoms with Gasteiger partial charge in [0.1, 0.15) is 0 Å². The van der Waals surface area contributed by atoms with E-state index in [4.69, 9.17) is 4.74 Å². The molecule has 4 heteroatoms. The molecule has 1 saturated carbocycles. The number of carbonyl (C=O) groups is 1. The molecule has 0 radical (unpaired) electrons. The molecule has 2 rings (SSSR count). The van der Waals surface area contributed by atoms with Gasteiger partial charge in [0.2, 0.25) is 0 Å². The Morgan fingerprint density at radius 1 is 1.28 bits per heavy atom. The lowest BCUT2D eigenvalue weighted by atomic mass is 9.77. The van der Waals surface area contributed by atoms with Gasteiger partial charge in [-0.25, -0.2) is 0 Å². The molecule has 0 aromatic heterocycles. The molecule has 1 aliphatic heterocycles. The molecule has 2 aliphatic rings. The number of piperazine rings is 1. The predicted octanol–water partition coefficient (Wildman–Crippen LogP) is 1.36. The van der Waals surface area contributed by atoms with Crippen molar-refractivity contribution in [1.29, 1.82) is 0 Å². The number of hydrogen-bond acceptors (Lipinski definition) is 4. The van der Waals surface area contributed by atoms with E-state index in [0.717, 1.165) is 32.1 Å². The van der Waals surface area contributed by atoms with Crippen LogP contribution in [0, 0.1) is 5.92 Å². The number of carbonyl (C=O) groups excluding carboxylic acids is 1. The van der Waals surface area contributed by atoms with Crippen molar-refractivity contribution < 1.29 is 9.53 Å². The van der Waals surface area contributed by atoms with Crippen LogP contribution in [0.2, 0.25) is 0 Å². The molecule has 4 nitrogen and oxygen atoms in total. The number of rotatable bonds is 5. The van der Waals surface area contributed by atoms with Gasteiger partial charge in [0.25, 0.3) is 0 Å². The molecular weight excluding hydrogens is 228 g/mol. The minimum absolute atomic E-state index is 0.0201. The first-order valence-electron chi connectivity index (χ1n) is 7.29. The smallest absolute Gasteiger partial charge is 0.307 e. The number of ether oxygens (including phenoxy) is 1. The predicted molar refractivity (Wildman–Crippen MR) is 71.4 cm³/mol. The fraction of sp³-hybridized carbons (Fsp3) is 0.929. The maximum absolute atomic E-state index is 11.7. The lowest BCUT2D eigenvalue weighted by molar-refractivity contribution is -0.145. The summed E-state index contributed by atoms with van der Waals surface area (Å²) < 4.78 is 5.13. The zero-order chi connectivity index (χ0) is 13.0. The lowest BCUT2D eigenvalue weighted by Crippen LogP contribution is -2.53. The van der Waals surface area contributed by atoms with E-state index in [1.54, 1.807) is 0 Å². The monoisotopic (exact) mass is 254 g/mol. The van der Waals surface area contributed by atoms with Gasteiger partial charge in [-0.3, -0.25) is 9.69 Å². The number of esters is 1. The van der Waals surface area contributed by atoms with Gasteiger partial charge in [-0.1, -0.05) is 6.42 Å². The SMILES string of the molecule is CCOC(=O)CC(C1CCC1)N1CCN(C)CC1. The summed E-state index contributed by atoms with van der Waals surface area (Å²) in [4.78, 5) is 16.6. The van der Waals surface area contributed by atoms with Gasteiger partial charge < -0.3 is 9.64 Å². The van der Waals surface area contributed by atoms with Crippen molar-refractivity contribution in [2.45, 2.75) is 38.6 Å². The molecule has 0 aromatic rings. The highest BCUT2D eigenvalue weighted by molar-refractivity contribution is 5.70. The van der Waals surface area contributed by atoms with Crippen LogP contribution in [0.5, 0.6) is 0 Å². The van der Waals surface area contributed by atoms with E-state index < -0.39 is 0 Å². The topological polar surface area (TPSA) is 32.8 Å². The highest BCUT2D eigenvalue weighted by Gasteiger charge is 2.34. The van der Waals surface area contributed by atoms with Crippen molar-refractivity contribution in [2.24, 2.45) is 5.92 Å². The minimum Gasteiger partial charge on any atom is -0.466 e. The highest BCUT2D eigenvalue weighted by Crippen LogP contribution is 2.34. The summed E-state index contributed by atoms with van der Waals surface area (Å²) in [5.74, 6) is 0.700. The maximum atomic E-state index is 11.7. The van der Waals surface area contributed by atoms with E-state index >= 15 is 0 Å². The van der Waals surface area contributed by atoms with Crippen LogP contribution in [0.4, 0.5) is 0 Å². The maximum Gasteiger partial charge on any atom is 0.307 e. The Bertz CT molecular complexity index is 271. The Labute approximate surface area is 110 Å². The van der Waals surface area contributed by atoms with Gasteiger partial charge in [-0.2, -0.15) is 0 Å². The molecule has 2 fully saturated rings. The Balaban J connectivity index is 1.89. The van der Waals surface area contributed by atoms with E-state index in [1.807, 2.05) is 6.92 Å². The Morgan fingerprint density at radius 3 is 2.44 bits per heavy atom. The number of hydrogen-bond donors (Lipinski definition) is 0. The third kappa shape index (κ3) is 3.45. The Morgan fingerprint density at radius 2 is 1.94 bits per heavy atom. The molecule has 0 aromatic carbocycles. The molecule has 1 heterocycles. The standard InChI is InChI=1S/C14H26N2O2/c1-3-18-14(17)11-13(12-5-4-6-12)16-9-7-15(2)8-10-16/h12-13H,3-11H2,1-2H3. The first-order valence-corrected chi connectivity index (χ1v) is 7.29. The van der Waals surface area contributed by atoms with Gasteiger partial charge in [0.05, 0.1) is 13.0 Å². The van der Waals surface area contributed by atoms with E-state index in [-0.39, 0.29) is 5.97 Å². The molecule has 1 saturated heterocycles. The van der Waals surface area contributed by atoms with Crippen molar-refractivity contribution >= 4 is 5.97 Å². The van der Waals surface area contributed by atoms with Crippen molar-refractivity contribution in [3.8, 4) is 0 Å². The van der Waals surface area contributed by atoms with Gasteiger partial charge in [0.15, 0.2) is 0 Å². The normalized spacial score (nSPS) is 24.6. The van der Waals surface area contributed by atoms with Crippen LogP contribution in [-0.4, -0.2) is 61.6 Å².